The van der Waals surface area contributed by atoms with Crippen LogP contribution in [0.4, 0.5) is 5.13 Å². The lowest BCUT2D eigenvalue weighted by molar-refractivity contribution is 0.101. The third-order valence-corrected chi connectivity index (χ3v) is 4.94. The number of Topliss-reactive ketones (excluding diaryl/α,β-unsaturated/α-hetero) is 1. The number of hydrogen-bond acceptors (Lipinski definition) is 6. The fourth-order valence-electron chi connectivity index (χ4n) is 2.56. The van der Waals surface area contributed by atoms with Crippen LogP contribution in [0.3, 0.4) is 0 Å². The van der Waals surface area contributed by atoms with Crippen LogP contribution >= 0.6 is 11.3 Å². The Kier molecular flexibility index (Phi) is 5.52. The SMILES string of the molecule is COc1ccc(OC)c(C(=O)Nc2nc(-c3ccccc3)c(C(C)=O)s2)c1. The topological polar surface area (TPSA) is 77.5 Å². The number of thiazole rings is 1. The molecule has 1 N–H and O–H groups in total. The molecule has 7 heteroatoms. The summed E-state index contributed by atoms with van der Waals surface area (Å²) in [6.45, 7) is 1.48. The van der Waals surface area contributed by atoms with Crippen LogP contribution in [0, 0.1) is 0 Å². The maximum absolute atomic E-state index is 12.7. The van der Waals surface area contributed by atoms with E-state index in [9.17, 15) is 9.59 Å². The Morgan fingerprint density at radius 3 is 2.41 bits per heavy atom. The van der Waals surface area contributed by atoms with Crippen LogP contribution in [-0.2, 0) is 0 Å². The number of benzene rings is 2. The highest BCUT2D eigenvalue weighted by molar-refractivity contribution is 7.18. The molecule has 138 valence electrons. The number of methoxy groups -OCH3 is 2. The Bertz CT molecular complexity index is 983. The molecule has 0 saturated heterocycles. The van der Waals surface area contributed by atoms with Gasteiger partial charge in [0, 0.05) is 12.5 Å². The molecule has 0 spiro atoms. The van der Waals surface area contributed by atoms with E-state index in [2.05, 4.69) is 10.3 Å². The van der Waals surface area contributed by atoms with Crippen LogP contribution in [0.25, 0.3) is 11.3 Å². The van der Waals surface area contributed by atoms with Crippen molar-refractivity contribution in [3.8, 4) is 22.8 Å². The van der Waals surface area contributed by atoms with Gasteiger partial charge in [-0.2, -0.15) is 0 Å². The molecule has 0 unspecified atom stereocenters. The Labute approximate surface area is 160 Å². The van der Waals surface area contributed by atoms with Gasteiger partial charge in [-0.15, -0.1) is 0 Å². The van der Waals surface area contributed by atoms with Gasteiger partial charge >= 0.3 is 0 Å². The van der Waals surface area contributed by atoms with Gasteiger partial charge in [0.05, 0.1) is 30.4 Å². The third kappa shape index (κ3) is 3.98. The van der Waals surface area contributed by atoms with Crippen LogP contribution in [0.5, 0.6) is 11.5 Å². The summed E-state index contributed by atoms with van der Waals surface area (Å²) in [5.74, 6) is 0.453. The largest absolute Gasteiger partial charge is 0.497 e. The molecule has 0 aliphatic rings. The number of nitrogens with zero attached hydrogens (tertiary/aromatic N) is 1. The normalized spacial score (nSPS) is 10.3. The number of carbonyl (C=O) groups excluding carboxylic acids is 2. The fraction of sp³-hybridized carbons (Fsp3) is 0.150. The molecule has 2 aromatic carbocycles. The first-order chi connectivity index (χ1) is 13.0. The zero-order chi connectivity index (χ0) is 19.4. The lowest BCUT2D eigenvalue weighted by Gasteiger charge is -2.09. The molecule has 0 radical (unpaired) electrons. The predicted molar refractivity (Wildman–Crippen MR) is 105 cm³/mol. The number of ether oxygens (including phenoxy) is 2. The zero-order valence-corrected chi connectivity index (χ0v) is 15.9. The zero-order valence-electron chi connectivity index (χ0n) is 15.1. The maximum atomic E-state index is 12.7. The van der Waals surface area contributed by atoms with Gasteiger partial charge in [0.25, 0.3) is 5.91 Å². The number of amides is 1. The molecule has 3 aromatic rings. The summed E-state index contributed by atoms with van der Waals surface area (Å²) < 4.78 is 10.4. The van der Waals surface area contributed by atoms with Crippen LogP contribution in [-0.4, -0.2) is 30.9 Å². The molecule has 0 aliphatic heterocycles. The van der Waals surface area contributed by atoms with E-state index in [1.807, 2.05) is 30.3 Å². The summed E-state index contributed by atoms with van der Waals surface area (Å²) >= 11 is 1.14. The average Bonchev–Trinajstić information content (AvgIpc) is 3.12. The summed E-state index contributed by atoms with van der Waals surface area (Å²) in [5.41, 5.74) is 1.69. The second kappa shape index (κ2) is 8.01. The van der Waals surface area contributed by atoms with Gasteiger partial charge in [-0.3, -0.25) is 14.9 Å². The number of hydrogen-bond donors (Lipinski definition) is 1. The summed E-state index contributed by atoms with van der Waals surface area (Å²) in [5, 5.41) is 3.09. The molecule has 6 nitrogen and oxygen atoms in total. The van der Waals surface area contributed by atoms with Crippen LogP contribution < -0.4 is 14.8 Å². The van der Waals surface area contributed by atoms with Crippen molar-refractivity contribution in [3.05, 3.63) is 59.0 Å². The van der Waals surface area contributed by atoms with E-state index in [1.54, 1.807) is 18.2 Å². The number of ketones is 1. The van der Waals surface area contributed by atoms with Crippen molar-refractivity contribution >= 4 is 28.2 Å². The van der Waals surface area contributed by atoms with E-state index in [0.29, 0.717) is 32.8 Å². The van der Waals surface area contributed by atoms with Gasteiger partial charge < -0.3 is 9.47 Å². The highest BCUT2D eigenvalue weighted by Crippen LogP contribution is 2.32. The molecule has 1 aromatic heterocycles. The number of carbonyl (C=O) groups is 2. The second-order valence-electron chi connectivity index (χ2n) is 5.64. The molecule has 0 bridgehead atoms. The standard InChI is InChI=1S/C20H18N2O4S/c1-12(23)18-17(13-7-5-4-6-8-13)21-20(27-18)22-19(24)15-11-14(25-2)9-10-16(15)26-3/h4-11H,1-3H3,(H,21,22,24). The van der Waals surface area contributed by atoms with E-state index < -0.39 is 5.91 Å². The molecule has 1 heterocycles. The third-order valence-electron chi connectivity index (χ3n) is 3.87. The molecule has 1 amide bonds. The first-order valence-electron chi connectivity index (χ1n) is 8.14. The minimum Gasteiger partial charge on any atom is -0.497 e. The molecule has 0 saturated carbocycles. The van der Waals surface area contributed by atoms with Crippen molar-refractivity contribution in [2.24, 2.45) is 0 Å². The Morgan fingerprint density at radius 1 is 1.04 bits per heavy atom. The van der Waals surface area contributed by atoms with E-state index >= 15 is 0 Å². The van der Waals surface area contributed by atoms with Crippen LogP contribution in [0.15, 0.2) is 48.5 Å². The van der Waals surface area contributed by atoms with Crippen LogP contribution in [0.2, 0.25) is 0 Å². The first kappa shape index (κ1) is 18.6. The second-order valence-corrected chi connectivity index (χ2v) is 6.64. The highest BCUT2D eigenvalue weighted by atomic mass is 32.1. The maximum Gasteiger partial charge on any atom is 0.261 e. The van der Waals surface area contributed by atoms with Crippen molar-refractivity contribution < 1.29 is 19.1 Å². The summed E-state index contributed by atoms with van der Waals surface area (Å²) in [6, 6.07) is 14.3. The van der Waals surface area contributed by atoms with Gasteiger partial charge in [-0.25, -0.2) is 4.98 Å². The smallest absolute Gasteiger partial charge is 0.261 e. The number of nitrogens with one attached hydrogen (secondary N) is 1. The van der Waals surface area contributed by atoms with Crippen molar-refractivity contribution in [2.45, 2.75) is 6.92 Å². The highest BCUT2D eigenvalue weighted by Gasteiger charge is 2.20. The van der Waals surface area contributed by atoms with Crippen molar-refractivity contribution in [3.63, 3.8) is 0 Å². The van der Waals surface area contributed by atoms with Crippen LogP contribution in [0.1, 0.15) is 27.0 Å². The summed E-state index contributed by atoms with van der Waals surface area (Å²) in [7, 11) is 3.01. The Balaban J connectivity index is 1.95. The van der Waals surface area contributed by atoms with Gasteiger partial charge in [0.1, 0.15) is 11.5 Å². The molecule has 3 rings (SSSR count). The molecule has 0 aliphatic carbocycles. The summed E-state index contributed by atoms with van der Waals surface area (Å²) in [6.07, 6.45) is 0. The lowest BCUT2D eigenvalue weighted by atomic mass is 10.1. The molecule has 0 atom stereocenters. The molecular weight excluding hydrogens is 364 g/mol. The van der Waals surface area contributed by atoms with E-state index in [-0.39, 0.29) is 5.78 Å². The Morgan fingerprint density at radius 2 is 1.78 bits per heavy atom. The van der Waals surface area contributed by atoms with Gasteiger partial charge in [0.15, 0.2) is 10.9 Å². The fourth-order valence-corrected chi connectivity index (χ4v) is 3.44. The van der Waals surface area contributed by atoms with E-state index in [4.69, 9.17) is 9.47 Å². The van der Waals surface area contributed by atoms with Gasteiger partial charge in [-0.05, 0) is 18.2 Å². The number of aromatic nitrogens is 1. The monoisotopic (exact) mass is 382 g/mol. The average molecular weight is 382 g/mol. The van der Waals surface area contributed by atoms with Gasteiger partial charge in [0.2, 0.25) is 0 Å². The Hall–Kier alpha value is -3.19. The molecule has 0 fully saturated rings. The van der Waals surface area contributed by atoms with Crippen molar-refractivity contribution in [1.82, 2.24) is 4.98 Å². The molecule has 27 heavy (non-hydrogen) atoms. The minimum absolute atomic E-state index is 0.106. The van der Waals surface area contributed by atoms with Crippen molar-refractivity contribution in [2.75, 3.05) is 19.5 Å². The van der Waals surface area contributed by atoms with E-state index in [1.165, 1.54) is 21.1 Å². The van der Waals surface area contributed by atoms with Gasteiger partial charge in [-0.1, -0.05) is 41.7 Å². The van der Waals surface area contributed by atoms with Crippen molar-refractivity contribution in [1.29, 1.82) is 0 Å². The van der Waals surface area contributed by atoms with E-state index in [0.717, 1.165) is 16.9 Å². The quantitative estimate of drug-likeness (QED) is 0.644. The lowest BCUT2D eigenvalue weighted by Crippen LogP contribution is -2.13. The minimum atomic E-state index is -0.394. The number of anilines is 1. The summed E-state index contributed by atoms with van der Waals surface area (Å²) in [4.78, 5) is 29.7. The first-order valence-corrected chi connectivity index (χ1v) is 8.95. The number of rotatable bonds is 6. The molecular formula is C20H18N2O4S. The predicted octanol–water partition coefficient (Wildman–Crippen LogP) is 4.28.